The maximum absolute atomic E-state index is 14.0. The highest BCUT2D eigenvalue weighted by atomic mass is 19.1. The zero-order valence-electron chi connectivity index (χ0n) is 14.7. The number of piperidine rings is 1. The Hall–Kier alpha value is -2.50. The van der Waals surface area contributed by atoms with Gasteiger partial charge in [0.2, 0.25) is 5.91 Å². The van der Waals surface area contributed by atoms with E-state index >= 15 is 0 Å². The van der Waals surface area contributed by atoms with Crippen LogP contribution in [0.15, 0.2) is 42.9 Å². The molecule has 1 saturated carbocycles. The van der Waals surface area contributed by atoms with Gasteiger partial charge in [-0.2, -0.15) is 0 Å². The van der Waals surface area contributed by atoms with Crippen molar-refractivity contribution in [2.24, 2.45) is 5.92 Å². The summed E-state index contributed by atoms with van der Waals surface area (Å²) in [6.45, 7) is 1.97. The molecule has 0 radical (unpaired) electrons. The third kappa shape index (κ3) is 3.69. The van der Waals surface area contributed by atoms with E-state index in [9.17, 15) is 9.18 Å². The van der Waals surface area contributed by atoms with Gasteiger partial charge in [-0.25, -0.2) is 9.37 Å². The summed E-state index contributed by atoms with van der Waals surface area (Å²) in [5.41, 5.74) is 0.602. The fourth-order valence-electron chi connectivity index (χ4n) is 3.63. The molecule has 1 amide bonds. The summed E-state index contributed by atoms with van der Waals surface area (Å²) in [5, 5.41) is 0. The number of halogens is 1. The van der Waals surface area contributed by atoms with Gasteiger partial charge in [0, 0.05) is 49.6 Å². The van der Waals surface area contributed by atoms with Crippen molar-refractivity contribution in [2.45, 2.75) is 38.3 Å². The molecule has 0 bridgehead atoms. The molecule has 4 rings (SSSR count). The van der Waals surface area contributed by atoms with E-state index in [2.05, 4.69) is 14.9 Å². The minimum Gasteiger partial charge on any atom is -0.355 e. The van der Waals surface area contributed by atoms with Crippen LogP contribution in [0.25, 0.3) is 0 Å². The predicted octanol–water partition coefficient (Wildman–Crippen LogP) is 3.02. The van der Waals surface area contributed by atoms with E-state index in [0.717, 1.165) is 44.6 Å². The molecule has 1 aromatic carbocycles. The Morgan fingerprint density at radius 2 is 1.92 bits per heavy atom. The van der Waals surface area contributed by atoms with Crippen LogP contribution < -0.4 is 4.90 Å². The Bertz CT molecular complexity index is 757. The summed E-state index contributed by atoms with van der Waals surface area (Å²) in [4.78, 5) is 25.6. The van der Waals surface area contributed by atoms with Crippen LogP contribution in [0.3, 0.4) is 0 Å². The van der Waals surface area contributed by atoms with Gasteiger partial charge >= 0.3 is 0 Å². The molecule has 1 saturated heterocycles. The molecule has 26 heavy (non-hydrogen) atoms. The molecule has 0 unspecified atom stereocenters. The molecule has 0 N–H and O–H groups in total. The topological polar surface area (TPSA) is 49.3 Å². The first kappa shape index (κ1) is 16.9. The van der Waals surface area contributed by atoms with E-state index in [-0.39, 0.29) is 23.7 Å². The van der Waals surface area contributed by atoms with Crippen LogP contribution in [0.5, 0.6) is 0 Å². The monoisotopic (exact) mass is 354 g/mol. The number of aromatic nitrogens is 2. The minimum absolute atomic E-state index is 0.00953. The molecule has 136 valence electrons. The first-order valence-corrected chi connectivity index (χ1v) is 9.27. The van der Waals surface area contributed by atoms with Crippen molar-refractivity contribution in [3.63, 3.8) is 0 Å². The predicted molar refractivity (Wildman–Crippen MR) is 96.9 cm³/mol. The van der Waals surface area contributed by atoms with Crippen molar-refractivity contribution in [3.8, 4) is 0 Å². The number of amides is 1. The first-order valence-electron chi connectivity index (χ1n) is 9.27. The van der Waals surface area contributed by atoms with Gasteiger partial charge in [0.15, 0.2) is 0 Å². The number of carbonyl (C=O) groups excluding carboxylic acids is 1. The SMILES string of the molecule is O=C(C1CCN(c2cnccn2)CC1)N(Cc1ccccc1F)C1CC1. The van der Waals surface area contributed by atoms with Crippen molar-refractivity contribution >= 4 is 11.7 Å². The van der Waals surface area contributed by atoms with Gasteiger partial charge in [-0.1, -0.05) is 18.2 Å². The van der Waals surface area contributed by atoms with Gasteiger partial charge < -0.3 is 9.80 Å². The normalized spacial score (nSPS) is 18.0. The minimum atomic E-state index is -0.233. The van der Waals surface area contributed by atoms with Gasteiger partial charge in [-0.3, -0.25) is 9.78 Å². The number of hydrogen-bond acceptors (Lipinski definition) is 4. The van der Waals surface area contributed by atoms with Crippen molar-refractivity contribution in [2.75, 3.05) is 18.0 Å². The Balaban J connectivity index is 1.40. The molecule has 2 aliphatic rings. The summed E-state index contributed by atoms with van der Waals surface area (Å²) in [5.74, 6) is 0.817. The highest BCUT2D eigenvalue weighted by Gasteiger charge is 2.37. The molecule has 1 aliphatic heterocycles. The third-order valence-corrected chi connectivity index (χ3v) is 5.29. The van der Waals surface area contributed by atoms with E-state index in [1.807, 2.05) is 11.0 Å². The lowest BCUT2D eigenvalue weighted by Crippen LogP contribution is -2.43. The molecule has 0 atom stereocenters. The smallest absolute Gasteiger partial charge is 0.226 e. The molecular formula is C20H23FN4O. The summed E-state index contributed by atoms with van der Waals surface area (Å²) in [6.07, 6.45) is 8.77. The fourth-order valence-corrected chi connectivity index (χ4v) is 3.63. The molecule has 1 aromatic heterocycles. The molecule has 1 aliphatic carbocycles. The number of hydrogen-bond donors (Lipinski definition) is 0. The third-order valence-electron chi connectivity index (χ3n) is 5.29. The zero-order chi connectivity index (χ0) is 17.9. The number of nitrogens with zero attached hydrogens (tertiary/aromatic N) is 4. The van der Waals surface area contributed by atoms with Crippen LogP contribution in [-0.2, 0) is 11.3 Å². The van der Waals surface area contributed by atoms with Gasteiger partial charge in [0.1, 0.15) is 11.6 Å². The Labute approximate surface area is 152 Å². The second-order valence-electron chi connectivity index (χ2n) is 7.11. The van der Waals surface area contributed by atoms with E-state index in [1.165, 1.54) is 6.07 Å². The van der Waals surface area contributed by atoms with E-state index < -0.39 is 0 Å². The standard InChI is InChI=1S/C20H23FN4O/c21-18-4-2-1-3-16(18)14-25(17-5-6-17)20(26)15-7-11-24(12-8-15)19-13-22-9-10-23-19/h1-4,9-10,13,15,17H,5-8,11-12,14H2. The van der Waals surface area contributed by atoms with Crippen molar-refractivity contribution in [3.05, 3.63) is 54.2 Å². The van der Waals surface area contributed by atoms with Crippen LogP contribution in [0.2, 0.25) is 0 Å². The highest BCUT2D eigenvalue weighted by molar-refractivity contribution is 5.80. The lowest BCUT2D eigenvalue weighted by atomic mass is 9.95. The van der Waals surface area contributed by atoms with Crippen LogP contribution in [0.4, 0.5) is 10.2 Å². The number of anilines is 1. The average Bonchev–Trinajstić information content (AvgIpc) is 3.53. The van der Waals surface area contributed by atoms with E-state index in [1.54, 1.807) is 30.7 Å². The van der Waals surface area contributed by atoms with Crippen molar-refractivity contribution < 1.29 is 9.18 Å². The van der Waals surface area contributed by atoms with Crippen molar-refractivity contribution in [1.82, 2.24) is 14.9 Å². The van der Waals surface area contributed by atoms with Crippen LogP contribution in [0.1, 0.15) is 31.2 Å². The zero-order valence-corrected chi connectivity index (χ0v) is 14.7. The number of benzene rings is 1. The Kier molecular flexibility index (Phi) is 4.82. The molecular weight excluding hydrogens is 331 g/mol. The quantitative estimate of drug-likeness (QED) is 0.828. The fraction of sp³-hybridized carbons (Fsp3) is 0.450. The maximum atomic E-state index is 14.0. The van der Waals surface area contributed by atoms with E-state index in [4.69, 9.17) is 0 Å². The summed E-state index contributed by atoms with van der Waals surface area (Å²) in [7, 11) is 0. The summed E-state index contributed by atoms with van der Waals surface area (Å²) in [6, 6.07) is 7.02. The molecule has 0 spiro atoms. The number of rotatable bonds is 5. The summed E-state index contributed by atoms with van der Waals surface area (Å²) >= 11 is 0. The Morgan fingerprint density at radius 1 is 1.15 bits per heavy atom. The molecule has 2 aromatic rings. The highest BCUT2D eigenvalue weighted by Crippen LogP contribution is 2.32. The van der Waals surface area contributed by atoms with Crippen LogP contribution >= 0.6 is 0 Å². The Morgan fingerprint density at radius 3 is 2.58 bits per heavy atom. The van der Waals surface area contributed by atoms with Crippen LogP contribution in [-0.4, -0.2) is 39.9 Å². The van der Waals surface area contributed by atoms with Gasteiger partial charge in [-0.15, -0.1) is 0 Å². The molecule has 2 fully saturated rings. The second kappa shape index (κ2) is 7.40. The average molecular weight is 354 g/mol. The van der Waals surface area contributed by atoms with Gasteiger partial charge in [0.25, 0.3) is 0 Å². The van der Waals surface area contributed by atoms with Crippen LogP contribution in [0, 0.1) is 11.7 Å². The van der Waals surface area contributed by atoms with E-state index in [0.29, 0.717) is 12.1 Å². The summed E-state index contributed by atoms with van der Waals surface area (Å²) < 4.78 is 14.0. The second-order valence-corrected chi connectivity index (χ2v) is 7.11. The molecule has 2 heterocycles. The molecule has 6 heteroatoms. The van der Waals surface area contributed by atoms with Crippen molar-refractivity contribution in [1.29, 1.82) is 0 Å². The molecule has 5 nitrogen and oxygen atoms in total. The maximum Gasteiger partial charge on any atom is 0.226 e. The first-order chi connectivity index (χ1) is 12.7. The van der Waals surface area contributed by atoms with Gasteiger partial charge in [0.05, 0.1) is 6.20 Å². The largest absolute Gasteiger partial charge is 0.355 e. The lowest BCUT2D eigenvalue weighted by molar-refractivity contribution is -0.137. The lowest BCUT2D eigenvalue weighted by Gasteiger charge is -2.35. The number of carbonyl (C=O) groups is 1. The van der Waals surface area contributed by atoms with Gasteiger partial charge in [-0.05, 0) is 31.7 Å².